The largest absolute Gasteiger partial charge is 0.493 e. The number of aliphatic hydroxyl groups excluding tert-OH is 1. The number of nitrogens with one attached hydrogen (secondary N) is 1. The first-order valence-electron chi connectivity index (χ1n) is 13.2. The molecule has 0 aromatic heterocycles. The summed E-state index contributed by atoms with van der Waals surface area (Å²) in [5.41, 5.74) is 12.8. The van der Waals surface area contributed by atoms with Crippen molar-refractivity contribution in [1.29, 1.82) is 0 Å². The summed E-state index contributed by atoms with van der Waals surface area (Å²) in [5, 5.41) is 13.6. The van der Waals surface area contributed by atoms with E-state index in [0.29, 0.717) is 37.1 Å². The molecule has 9 heteroatoms. The third-order valence-electron chi connectivity index (χ3n) is 6.91. The van der Waals surface area contributed by atoms with Crippen LogP contribution in [-0.4, -0.2) is 62.5 Å². The van der Waals surface area contributed by atoms with E-state index in [-0.39, 0.29) is 24.2 Å². The lowest BCUT2D eigenvalue weighted by Gasteiger charge is -2.30. The summed E-state index contributed by atoms with van der Waals surface area (Å²) in [6.45, 7) is 10.8. The normalized spacial score (nSPS) is 15.6. The molecule has 1 aromatic carbocycles. The Morgan fingerprint density at radius 2 is 1.68 bits per heavy atom. The minimum Gasteiger partial charge on any atom is -0.493 e. The third-order valence-corrected chi connectivity index (χ3v) is 6.91. The van der Waals surface area contributed by atoms with E-state index in [1.54, 1.807) is 21.1 Å². The molecule has 0 radical (unpaired) electrons. The number of amides is 2. The fourth-order valence-corrected chi connectivity index (χ4v) is 4.26. The van der Waals surface area contributed by atoms with E-state index in [9.17, 15) is 14.7 Å². The van der Waals surface area contributed by atoms with E-state index in [1.165, 1.54) is 0 Å². The van der Waals surface area contributed by atoms with Crippen LogP contribution in [0.5, 0.6) is 11.5 Å². The first kappa shape index (κ1) is 32.7. The van der Waals surface area contributed by atoms with Crippen molar-refractivity contribution in [2.45, 2.75) is 78.5 Å². The molecule has 0 fully saturated rings. The molecule has 0 saturated carbocycles. The predicted molar refractivity (Wildman–Crippen MR) is 145 cm³/mol. The van der Waals surface area contributed by atoms with Crippen molar-refractivity contribution in [2.75, 3.05) is 27.4 Å². The van der Waals surface area contributed by atoms with Crippen molar-refractivity contribution in [2.24, 2.45) is 35.1 Å². The summed E-state index contributed by atoms with van der Waals surface area (Å²) in [6.07, 6.45) is 1.49. The zero-order chi connectivity index (χ0) is 28.1. The van der Waals surface area contributed by atoms with E-state index < -0.39 is 30.0 Å². The number of rotatable bonds is 18. The number of hydrogen-bond acceptors (Lipinski definition) is 7. The van der Waals surface area contributed by atoms with Gasteiger partial charge in [-0.2, -0.15) is 0 Å². The van der Waals surface area contributed by atoms with Crippen LogP contribution in [0.15, 0.2) is 18.2 Å². The molecular weight excluding hydrogens is 474 g/mol. The van der Waals surface area contributed by atoms with Gasteiger partial charge in [-0.1, -0.05) is 33.8 Å². The second-order valence-corrected chi connectivity index (χ2v) is 10.6. The number of primary amides is 1. The van der Waals surface area contributed by atoms with E-state index in [4.69, 9.17) is 25.7 Å². The van der Waals surface area contributed by atoms with Gasteiger partial charge >= 0.3 is 0 Å². The fraction of sp³-hybridized carbons (Fsp3) is 0.714. The SMILES string of the molecule is COCCCOc1cc(C[C@@H](C[C@H](N)[C@@H](O)C[C@H](C(=O)N[C@@H](C)C(N)=O)C(C)C)C(C)C)ccc1OC. The lowest BCUT2D eigenvalue weighted by molar-refractivity contribution is -0.131. The number of methoxy groups -OCH3 is 2. The van der Waals surface area contributed by atoms with Gasteiger partial charge in [0, 0.05) is 32.1 Å². The van der Waals surface area contributed by atoms with Crippen LogP contribution >= 0.6 is 0 Å². The van der Waals surface area contributed by atoms with Crippen LogP contribution in [0.2, 0.25) is 0 Å². The Labute approximate surface area is 222 Å². The topological polar surface area (TPSA) is 146 Å². The molecule has 0 bridgehead atoms. The maximum Gasteiger partial charge on any atom is 0.239 e. The van der Waals surface area contributed by atoms with E-state index in [2.05, 4.69) is 19.2 Å². The number of carbonyl (C=O) groups is 2. The maximum atomic E-state index is 12.7. The fourth-order valence-electron chi connectivity index (χ4n) is 4.26. The molecule has 5 atom stereocenters. The predicted octanol–water partition coefficient (Wildman–Crippen LogP) is 2.66. The number of aliphatic hydroxyl groups is 1. The molecule has 9 nitrogen and oxygen atoms in total. The van der Waals surface area contributed by atoms with Crippen LogP contribution in [0.3, 0.4) is 0 Å². The first-order valence-corrected chi connectivity index (χ1v) is 13.2. The van der Waals surface area contributed by atoms with Crippen LogP contribution < -0.4 is 26.3 Å². The third kappa shape index (κ3) is 11.3. The monoisotopic (exact) mass is 523 g/mol. The van der Waals surface area contributed by atoms with Gasteiger partial charge in [-0.05, 0) is 61.6 Å². The molecule has 0 saturated heterocycles. The second-order valence-electron chi connectivity index (χ2n) is 10.6. The summed E-state index contributed by atoms with van der Waals surface area (Å²) in [4.78, 5) is 24.1. The molecule has 212 valence electrons. The summed E-state index contributed by atoms with van der Waals surface area (Å²) in [6, 6.07) is 4.66. The lowest BCUT2D eigenvalue weighted by Crippen LogP contribution is -2.47. The van der Waals surface area contributed by atoms with Gasteiger partial charge in [0.15, 0.2) is 11.5 Å². The lowest BCUT2D eigenvalue weighted by atomic mass is 9.80. The highest BCUT2D eigenvalue weighted by atomic mass is 16.5. The van der Waals surface area contributed by atoms with Crippen molar-refractivity contribution in [3.05, 3.63) is 23.8 Å². The van der Waals surface area contributed by atoms with E-state index >= 15 is 0 Å². The molecule has 2 amide bonds. The van der Waals surface area contributed by atoms with Gasteiger partial charge in [0.1, 0.15) is 6.04 Å². The van der Waals surface area contributed by atoms with Crippen LogP contribution in [0.25, 0.3) is 0 Å². The number of benzene rings is 1. The summed E-state index contributed by atoms with van der Waals surface area (Å²) in [7, 11) is 3.28. The number of ether oxygens (including phenoxy) is 3. The standard InChI is InChI=1S/C28H49N3O6/c1-17(2)21(13-20-9-10-25(36-7)26(14-20)37-12-8-11-35-6)15-23(29)24(32)16-22(18(3)4)28(34)31-19(5)27(30)33/h9-10,14,17-19,21-24,32H,8,11-13,15-16,29H2,1-7H3,(H2,30,33)(H,31,34)/t19-,21-,22-,23-,24-/m0/s1. The van der Waals surface area contributed by atoms with E-state index in [1.807, 2.05) is 32.0 Å². The van der Waals surface area contributed by atoms with Gasteiger partial charge in [-0.15, -0.1) is 0 Å². The molecule has 1 rings (SSSR count). The Morgan fingerprint density at radius 3 is 2.22 bits per heavy atom. The molecule has 6 N–H and O–H groups in total. The molecule has 0 heterocycles. The molecule has 0 unspecified atom stereocenters. The van der Waals surface area contributed by atoms with Crippen LogP contribution in [0.4, 0.5) is 0 Å². The summed E-state index contributed by atoms with van der Waals surface area (Å²) in [5.74, 6) is 0.480. The smallest absolute Gasteiger partial charge is 0.239 e. The van der Waals surface area contributed by atoms with Gasteiger partial charge in [-0.25, -0.2) is 0 Å². The second kappa shape index (κ2) is 16.5. The summed E-state index contributed by atoms with van der Waals surface area (Å²) >= 11 is 0. The van der Waals surface area contributed by atoms with Gasteiger partial charge < -0.3 is 36.1 Å². The Kier molecular flexibility index (Phi) is 14.5. The first-order chi connectivity index (χ1) is 17.4. The molecule has 1 aromatic rings. The van der Waals surface area contributed by atoms with Crippen LogP contribution in [0.1, 0.15) is 59.4 Å². The van der Waals surface area contributed by atoms with Gasteiger partial charge in [0.05, 0.1) is 19.8 Å². The van der Waals surface area contributed by atoms with Gasteiger partial charge in [0.25, 0.3) is 0 Å². The molecule has 0 aliphatic rings. The van der Waals surface area contributed by atoms with Gasteiger partial charge in [-0.3, -0.25) is 9.59 Å². The van der Waals surface area contributed by atoms with Gasteiger partial charge in [0.2, 0.25) is 11.8 Å². The average molecular weight is 524 g/mol. The highest BCUT2D eigenvalue weighted by Gasteiger charge is 2.30. The minimum absolute atomic E-state index is 0.0376. The highest BCUT2D eigenvalue weighted by Crippen LogP contribution is 2.31. The van der Waals surface area contributed by atoms with Crippen LogP contribution in [0, 0.1) is 23.7 Å². The zero-order valence-corrected chi connectivity index (χ0v) is 23.7. The average Bonchev–Trinajstić information content (AvgIpc) is 2.84. The van der Waals surface area contributed by atoms with Crippen molar-refractivity contribution in [1.82, 2.24) is 5.32 Å². The molecule has 0 spiro atoms. The Hall–Kier alpha value is -2.36. The summed E-state index contributed by atoms with van der Waals surface area (Å²) < 4.78 is 16.5. The van der Waals surface area contributed by atoms with Crippen molar-refractivity contribution >= 4 is 11.8 Å². The van der Waals surface area contributed by atoms with Crippen molar-refractivity contribution < 1.29 is 28.9 Å². The molecule has 0 aliphatic heterocycles. The number of nitrogens with two attached hydrogens (primary N) is 2. The minimum atomic E-state index is -0.862. The molecule has 0 aliphatic carbocycles. The highest BCUT2D eigenvalue weighted by molar-refractivity contribution is 5.87. The Bertz CT molecular complexity index is 832. The van der Waals surface area contributed by atoms with Crippen molar-refractivity contribution in [3.63, 3.8) is 0 Å². The molecular formula is C28H49N3O6. The van der Waals surface area contributed by atoms with E-state index in [0.717, 1.165) is 18.4 Å². The maximum absolute atomic E-state index is 12.7. The Balaban J connectivity index is 2.88. The number of carbonyl (C=O) groups excluding carboxylic acids is 2. The Morgan fingerprint density at radius 1 is 1.00 bits per heavy atom. The van der Waals surface area contributed by atoms with Crippen LogP contribution in [-0.2, 0) is 20.7 Å². The van der Waals surface area contributed by atoms with Crippen molar-refractivity contribution in [3.8, 4) is 11.5 Å². The number of hydrogen-bond donors (Lipinski definition) is 4. The quantitative estimate of drug-likeness (QED) is 0.216. The molecule has 37 heavy (non-hydrogen) atoms. The zero-order valence-electron chi connectivity index (χ0n) is 23.7.